The molecular weight excluding hydrogens is 396 g/mol. The predicted octanol–water partition coefficient (Wildman–Crippen LogP) is 6.09. The van der Waals surface area contributed by atoms with Crippen LogP contribution in [0.3, 0.4) is 0 Å². The normalized spacial score (nSPS) is 20.3. The van der Waals surface area contributed by atoms with Crippen molar-refractivity contribution in [1.29, 1.82) is 0 Å². The summed E-state index contributed by atoms with van der Waals surface area (Å²) in [5.41, 5.74) is 3.15. The van der Waals surface area contributed by atoms with Gasteiger partial charge in [-0.15, -0.1) is 0 Å². The van der Waals surface area contributed by atoms with Gasteiger partial charge in [0.15, 0.2) is 0 Å². The number of para-hydroxylation sites is 1. The van der Waals surface area contributed by atoms with Gasteiger partial charge in [-0.05, 0) is 37.3 Å². The number of hydrogen-bond acceptors (Lipinski definition) is 3. The molecule has 2 aliphatic rings. The van der Waals surface area contributed by atoms with Crippen LogP contribution in [0, 0.1) is 0 Å². The molecule has 32 heavy (non-hydrogen) atoms. The number of nitrogens with one attached hydrogen (secondary N) is 1. The number of aryl methyl sites for hydroxylation is 1. The molecule has 2 heterocycles. The number of likely N-dealkylation sites (tertiary alicyclic amines) is 1. The van der Waals surface area contributed by atoms with Gasteiger partial charge >= 0.3 is 0 Å². The maximum atomic E-state index is 13.5. The van der Waals surface area contributed by atoms with E-state index in [4.69, 9.17) is 4.42 Å². The van der Waals surface area contributed by atoms with E-state index in [1.54, 1.807) is 0 Å². The average molecular weight is 431 g/mol. The van der Waals surface area contributed by atoms with E-state index in [1.165, 1.54) is 31.2 Å². The lowest BCUT2D eigenvalue weighted by Gasteiger charge is -2.34. The van der Waals surface area contributed by atoms with Crippen LogP contribution in [0.5, 0.6) is 0 Å². The van der Waals surface area contributed by atoms with Crippen molar-refractivity contribution in [3.63, 3.8) is 0 Å². The molecule has 3 aromatic rings. The SMILES string of the molecule is CCCCc1oc2ccccc2c1C(=O)NC1CN(Cc2ccccc2)C2(CCCC2)C1. The summed E-state index contributed by atoms with van der Waals surface area (Å²) >= 11 is 0. The molecule has 1 spiro atoms. The van der Waals surface area contributed by atoms with Crippen LogP contribution in [0.15, 0.2) is 59.0 Å². The Bertz CT molecular complexity index is 1070. The number of rotatable bonds is 7. The van der Waals surface area contributed by atoms with Gasteiger partial charge in [0.05, 0.1) is 5.56 Å². The summed E-state index contributed by atoms with van der Waals surface area (Å²) in [6, 6.07) is 18.9. The van der Waals surface area contributed by atoms with Gasteiger partial charge in [-0.1, -0.05) is 74.7 Å². The van der Waals surface area contributed by atoms with Gasteiger partial charge < -0.3 is 9.73 Å². The summed E-state index contributed by atoms with van der Waals surface area (Å²) in [6.45, 7) is 4.05. The quantitative estimate of drug-likeness (QED) is 0.493. The maximum absolute atomic E-state index is 13.5. The summed E-state index contributed by atoms with van der Waals surface area (Å²) in [4.78, 5) is 16.2. The van der Waals surface area contributed by atoms with E-state index in [1.807, 2.05) is 24.3 Å². The Morgan fingerprint density at radius 1 is 1.09 bits per heavy atom. The van der Waals surface area contributed by atoms with Crippen molar-refractivity contribution in [2.45, 2.75) is 76.4 Å². The molecule has 1 aliphatic carbocycles. The van der Waals surface area contributed by atoms with Crippen LogP contribution < -0.4 is 5.32 Å². The van der Waals surface area contributed by atoms with Gasteiger partial charge in [-0.25, -0.2) is 0 Å². The minimum Gasteiger partial charge on any atom is -0.460 e. The van der Waals surface area contributed by atoms with Gasteiger partial charge in [-0.2, -0.15) is 0 Å². The Balaban J connectivity index is 1.37. The number of furan rings is 1. The zero-order valence-corrected chi connectivity index (χ0v) is 19.1. The molecule has 0 radical (unpaired) electrons. The monoisotopic (exact) mass is 430 g/mol. The third kappa shape index (κ3) is 4.09. The Morgan fingerprint density at radius 2 is 1.84 bits per heavy atom. The van der Waals surface area contributed by atoms with Crippen molar-refractivity contribution >= 4 is 16.9 Å². The molecule has 1 saturated heterocycles. The molecule has 1 aliphatic heterocycles. The highest BCUT2D eigenvalue weighted by atomic mass is 16.3. The largest absolute Gasteiger partial charge is 0.460 e. The molecule has 1 atom stereocenters. The molecule has 1 amide bonds. The summed E-state index contributed by atoms with van der Waals surface area (Å²) in [6.07, 6.45) is 9.02. The molecule has 0 bridgehead atoms. The second-order valence-electron chi connectivity index (χ2n) is 9.67. The molecule has 2 fully saturated rings. The van der Waals surface area contributed by atoms with Gasteiger partial charge in [0.1, 0.15) is 11.3 Å². The van der Waals surface area contributed by atoms with Crippen LogP contribution in [0.1, 0.15) is 73.6 Å². The van der Waals surface area contributed by atoms with Crippen molar-refractivity contribution in [3.05, 3.63) is 71.5 Å². The highest BCUT2D eigenvalue weighted by molar-refractivity contribution is 6.07. The fraction of sp³-hybridized carbons (Fsp3) is 0.464. The lowest BCUT2D eigenvalue weighted by Crippen LogP contribution is -2.40. The van der Waals surface area contributed by atoms with Crippen LogP contribution in [0.2, 0.25) is 0 Å². The summed E-state index contributed by atoms with van der Waals surface area (Å²) < 4.78 is 6.11. The van der Waals surface area contributed by atoms with Crippen LogP contribution in [-0.2, 0) is 13.0 Å². The Labute approximate surface area is 191 Å². The zero-order chi connectivity index (χ0) is 22.0. The van der Waals surface area contributed by atoms with E-state index in [2.05, 4.69) is 47.5 Å². The van der Waals surface area contributed by atoms with Crippen LogP contribution >= 0.6 is 0 Å². The third-order valence-electron chi connectivity index (χ3n) is 7.48. The first kappa shape index (κ1) is 21.3. The van der Waals surface area contributed by atoms with Gasteiger partial charge in [0.2, 0.25) is 0 Å². The lowest BCUT2D eigenvalue weighted by molar-refractivity contribution is 0.0937. The molecule has 4 nitrogen and oxygen atoms in total. The van der Waals surface area contributed by atoms with Crippen molar-refractivity contribution in [2.24, 2.45) is 0 Å². The summed E-state index contributed by atoms with van der Waals surface area (Å²) in [5.74, 6) is 0.862. The number of benzene rings is 2. The fourth-order valence-electron chi connectivity index (χ4n) is 5.91. The van der Waals surface area contributed by atoms with Crippen molar-refractivity contribution in [1.82, 2.24) is 10.2 Å². The smallest absolute Gasteiger partial charge is 0.255 e. The minimum absolute atomic E-state index is 0.0285. The Hall–Kier alpha value is -2.59. The maximum Gasteiger partial charge on any atom is 0.255 e. The molecule has 1 saturated carbocycles. The van der Waals surface area contributed by atoms with Crippen molar-refractivity contribution < 1.29 is 9.21 Å². The number of amides is 1. The van der Waals surface area contributed by atoms with E-state index in [0.29, 0.717) is 0 Å². The summed E-state index contributed by atoms with van der Waals surface area (Å²) in [5, 5.41) is 4.35. The molecular formula is C28H34N2O2. The second kappa shape index (κ2) is 9.11. The number of unbranched alkanes of at least 4 members (excludes halogenated alkanes) is 1. The molecule has 1 N–H and O–H groups in total. The first-order valence-corrected chi connectivity index (χ1v) is 12.3. The van der Waals surface area contributed by atoms with E-state index in [0.717, 1.165) is 61.1 Å². The lowest BCUT2D eigenvalue weighted by atomic mass is 9.92. The summed E-state index contributed by atoms with van der Waals surface area (Å²) in [7, 11) is 0. The molecule has 168 valence electrons. The number of fused-ring (bicyclic) bond motifs is 1. The number of carbonyl (C=O) groups excluding carboxylic acids is 1. The Morgan fingerprint density at radius 3 is 2.62 bits per heavy atom. The molecule has 4 heteroatoms. The zero-order valence-electron chi connectivity index (χ0n) is 19.1. The third-order valence-corrected chi connectivity index (χ3v) is 7.48. The number of nitrogens with zero attached hydrogens (tertiary/aromatic N) is 1. The van der Waals surface area contributed by atoms with Crippen LogP contribution in [-0.4, -0.2) is 28.9 Å². The van der Waals surface area contributed by atoms with Gasteiger partial charge in [0, 0.05) is 36.5 Å². The van der Waals surface area contributed by atoms with Crippen LogP contribution in [0.25, 0.3) is 11.0 Å². The van der Waals surface area contributed by atoms with Gasteiger partial charge in [0.25, 0.3) is 5.91 Å². The fourth-order valence-corrected chi connectivity index (χ4v) is 5.91. The van der Waals surface area contributed by atoms with Crippen LogP contribution in [0.4, 0.5) is 0 Å². The number of carbonyl (C=O) groups is 1. The first-order valence-electron chi connectivity index (χ1n) is 12.3. The highest BCUT2D eigenvalue weighted by Crippen LogP contribution is 2.44. The second-order valence-corrected chi connectivity index (χ2v) is 9.67. The van der Waals surface area contributed by atoms with Crippen molar-refractivity contribution in [2.75, 3.05) is 6.54 Å². The predicted molar refractivity (Wildman–Crippen MR) is 129 cm³/mol. The molecule has 1 aromatic heterocycles. The van der Waals surface area contributed by atoms with E-state index >= 15 is 0 Å². The minimum atomic E-state index is 0.0285. The standard InChI is InChI=1S/C28H34N2O2/c1-2-3-14-25-26(23-13-7-8-15-24(23)32-25)27(31)29-22-18-28(16-9-10-17-28)30(20-22)19-21-11-5-4-6-12-21/h4-8,11-13,15,22H,2-3,9-10,14,16-20H2,1H3,(H,29,31). The van der Waals surface area contributed by atoms with Crippen molar-refractivity contribution in [3.8, 4) is 0 Å². The average Bonchev–Trinajstić information content (AvgIpc) is 3.51. The molecule has 5 rings (SSSR count). The Kier molecular flexibility index (Phi) is 6.05. The molecule has 2 aromatic carbocycles. The van der Waals surface area contributed by atoms with E-state index in [-0.39, 0.29) is 17.5 Å². The highest BCUT2D eigenvalue weighted by Gasteiger charge is 2.47. The van der Waals surface area contributed by atoms with E-state index in [9.17, 15) is 4.79 Å². The van der Waals surface area contributed by atoms with Gasteiger partial charge in [-0.3, -0.25) is 9.69 Å². The topological polar surface area (TPSA) is 45.5 Å². The number of hydrogen-bond donors (Lipinski definition) is 1. The first-order chi connectivity index (χ1) is 15.7. The molecule has 1 unspecified atom stereocenters. The van der Waals surface area contributed by atoms with E-state index < -0.39 is 0 Å².